The molecule has 2 N–H and O–H groups in total. The van der Waals surface area contributed by atoms with E-state index in [0.717, 1.165) is 36.5 Å². The maximum atomic E-state index is 13.7. The van der Waals surface area contributed by atoms with E-state index in [4.69, 9.17) is 9.72 Å². The second kappa shape index (κ2) is 9.32. The van der Waals surface area contributed by atoms with E-state index in [1.165, 1.54) is 12.8 Å². The van der Waals surface area contributed by atoms with Gasteiger partial charge in [0.2, 0.25) is 0 Å². The van der Waals surface area contributed by atoms with Gasteiger partial charge in [-0.2, -0.15) is 8.78 Å². The predicted molar refractivity (Wildman–Crippen MR) is 137 cm³/mol. The molecule has 5 atom stereocenters. The van der Waals surface area contributed by atoms with Crippen LogP contribution < -0.4 is 10.2 Å². The quantitative estimate of drug-likeness (QED) is 0.483. The highest BCUT2D eigenvalue weighted by molar-refractivity contribution is 7.99. The second-order valence-electron chi connectivity index (χ2n) is 12.7. The third-order valence-corrected chi connectivity index (χ3v) is 11.7. The summed E-state index contributed by atoms with van der Waals surface area (Å²) in [6.07, 6.45) is 8.44. The number of amides is 1. The molecule has 1 saturated heterocycles. The Labute approximate surface area is 225 Å². The number of rotatable bonds is 8. The highest BCUT2D eigenvalue weighted by atomic mass is 32.2. The van der Waals surface area contributed by atoms with Gasteiger partial charge in [0, 0.05) is 24.4 Å². The number of pyridine rings is 1. The Morgan fingerprint density at radius 2 is 1.79 bits per heavy atom. The van der Waals surface area contributed by atoms with Gasteiger partial charge in [-0.05, 0) is 86.7 Å². The summed E-state index contributed by atoms with van der Waals surface area (Å²) < 4.78 is 31.5. The Kier molecular flexibility index (Phi) is 6.15. The summed E-state index contributed by atoms with van der Waals surface area (Å²) in [5.74, 6) is 0.890. The minimum atomic E-state index is -2.75. The van der Waals surface area contributed by atoms with Crippen LogP contribution in [0.3, 0.4) is 0 Å². The summed E-state index contributed by atoms with van der Waals surface area (Å²) in [5.41, 5.74) is -0.139. The van der Waals surface area contributed by atoms with Crippen LogP contribution in [-0.2, 0) is 9.53 Å². The van der Waals surface area contributed by atoms with Gasteiger partial charge >= 0.3 is 12.6 Å². The van der Waals surface area contributed by atoms with Gasteiger partial charge in [0.15, 0.2) is 0 Å². The van der Waals surface area contributed by atoms with Crippen molar-refractivity contribution in [3.63, 3.8) is 0 Å². The van der Waals surface area contributed by atoms with Crippen molar-refractivity contribution in [2.75, 3.05) is 18.0 Å². The van der Waals surface area contributed by atoms with E-state index < -0.39 is 18.2 Å². The van der Waals surface area contributed by atoms with Crippen LogP contribution in [0.1, 0.15) is 68.1 Å². The molecule has 10 heteroatoms. The normalized spacial score (nSPS) is 39.1. The highest BCUT2D eigenvalue weighted by Crippen LogP contribution is 2.58. The number of hydrogen-bond acceptors (Lipinski definition) is 6. The van der Waals surface area contributed by atoms with Gasteiger partial charge in [-0.1, -0.05) is 12.8 Å². The number of alkyl halides is 2. The third kappa shape index (κ3) is 4.39. The average molecular weight is 548 g/mol. The Morgan fingerprint density at radius 3 is 2.42 bits per heavy atom. The number of carboxylic acids is 1. The molecule has 7 fully saturated rings. The lowest BCUT2D eigenvalue weighted by Gasteiger charge is -2.59. The number of carbonyl (C=O) groups is 2. The number of carbonyl (C=O) groups excluding carboxylic acids is 1. The predicted octanol–water partition coefficient (Wildman–Crippen LogP) is 4.80. The molecular weight excluding hydrogens is 512 g/mol. The van der Waals surface area contributed by atoms with Crippen LogP contribution in [0.5, 0.6) is 0 Å². The molecule has 4 bridgehead atoms. The zero-order chi connectivity index (χ0) is 26.2. The maximum Gasteiger partial charge on any atom is 0.345 e. The van der Waals surface area contributed by atoms with Crippen molar-refractivity contribution in [2.45, 2.75) is 86.3 Å². The lowest BCUT2D eigenvalue weighted by molar-refractivity contribution is -0.260. The molecule has 0 aromatic carbocycles. The smallest absolute Gasteiger partial charge is 0.345 e. The van der Waals surface area contributed by atoms with Crippen molar-refractivity contribution in [3.8, 4) is 0 Å². The van der Waals surface area contributed by atoms with Crippen LogP contribution in [0.15, 0.2) is 17.2 Å². The van der Waals surface area contributed by atoms with Gasteiger partial charge in [-0.25, -0.2) is 4.98 Å². The van der Waals surface area contributed by atoms with Gasteiger partial charge in [0.1, 0.15) is 10.8 Å². The Bertz CT molecular complexity index is 1100. The average Bonchev–Trinajstić information content (AvgIpc) is 3.17. The molecule has 2 heterocycles. The van der Waals surface area contributed by atoms with Crippen LogP contribution in [0, 0.1) is 35.5 Å². The Hall–Kier alpha value is -1.94. The van der Waals surface area contributed by atoms with E-state index in [-0.39, 0.29) is 41.5 Å². The number of aromatic nitrogens is 1. The number of aliphatic carboxylic acids is 1. The molecule has 6 saturated carbocycles. The minimum absolute atomic E-state index is 0.0175. The summed E-state index contributed by atoms with van der Waals surface area (Å²) in [6.45, 7) is -1.36. The molecule has 0 radical (unpaired) electrons. The third-order valence-electron chi connectivity index (χ3n) is 10.3. The van der Waals surface area contributed by atoms with Crippen LogP contribution in [-0.4, -0.2) is 58.6 Å². The second-order valence-corrected chi connectivity index (χ2v) is 14.0. The molecule has 1 amide bonds. The Balaban J connectivity index is 1.09. The minimum Gasteiger partial charge on any atom is -0.481 e. The first-order valence-corrected chi connectivity index (χ1v) is 15.1. The van der Waals surface area contributed by atoms with E-state index in [2.05, 4.69) is 10.2 Å². The zero-order valence-electron chi connectivity index (χ0n) is 21.4. The fourth-order valence-electron chi connectivity index (χ4n) is 8.86. The van der Waals surface area contributed by atoms with E-state index >= 15 is 0 Å². The summed E-state index contributed by atoms with van der Waals surface area (Å²) in [5, 5.41) is 13.9. The highest BCUT2D eigenvalue weighted by Gasteiger charge is 2.60. The van der Waals surface area contributed by atoms with Gasteiger partial charge in [0.25, 0.3) is 5.91 Å². The van der Waals surface area contributed by atoms with Crippen LogP contribution >= 0.6 is 11.8 Å². The molecule has 6 aliphatic carbocycles. The fourth-order valence-corrected chi connectivity index (χ4v) is 10.2. The first-order valence-electron chi connectivity index (χ1n) is 14.2. The monoisotopic (exact) mass is 547 g/mol. The molecule has 38 heavy (non-hydrogen) atoms. The van der Waals surface area contributed by atoms with Gasteiger partial charge in [-0.15, -0.1) is 11.8 Å². The number of piperidine rings is 1. The van der Waals surface area contributed by atoms with E-state index in [0.29, 0.717) is 49.1 Å². The summed E-state index contributed by atoms with van der Waals surface area (Å²) in [4.78, 5) is 32.2. The first kappa shape index (κ1) is 25.1. The van der Waals surface area contributed by atoms with Gasteiger partial charge in [0.05, 0.1) is 17.1 Å². The largest absolute Gasteiger partial charge is 0.481 e. The van der Waals surface area contributed by atoms with Crippen LogP contribution in [0.2, 0.25) is 0 Å². The van der Waals surface area contributed by atoms with Crippen molar-refractivity contribution in [2.24, 2.45) is 35.5 Å². The molecular formula is C28H35F2N3O4S. The number of hydrogen-bond donors (Lipinski definition) is 2. The van der Waals surface area contributed by atoms with Crippen LogP contribution in [0.4, 0.5) is 14.6 Å². The van der Waals surface area contributed by atoms with Gasteiger partial charge < -0.3 is 20.1 Å². The SMILES string of the molecule is O=C(NC1C2CC3CC1CC(OC(F)F)(C3)C2)c1ccc(N2C[C@@H]3C(C(=O)O)[C@@H]3C2)nc1SC1CCCC1. The maximum absolute atomic E-state index is 13.7. The number of ether oxygens (including phenoxy) is 1. The zero-order valence-corrected chi connectivity index (χ0v) is 22.2. The van der Waals surface area contributed by atoms with Crippen molar-refractivity contribution in [1.29, 1.82) is 0 Å². The summed E-state index contributed by atoms with van der Waals surface area (Å²) in [6, 6.07) is 3.76. The molecule has 3 unspecified atom stereocenters. The van der Waals surface area contributed by atoms with Gasteiger partial charge in [-0.3, -0.25) is 9.59 Å². The first-order chi connectivity index (χ1) is 18.3. The van der Waals surface area contributed by atoms with Crippen molar-refractivity contribution in [1.82, 2.24) is 10.3 Å². The molecule has 1 aromatic heterocycles. The lowest BCUT2D eigenvalue weighted by Crippen LogP contribution is -2.62. The number of carboxylic acid groups (broad SMARTS) is 1. The molecule has 1 aromatic rings. The molecule has 1 aliphatic heterocycles. The lowest BCUT2D eigenvalue weighted by atomic mass is 9.52. The standard InChI is InChI=1S/C28H35F2N3O4S/c29-27(30)37-28-9-14-7-15(10-28)23(16(8-14)11-28)32-24(34)18-5-6-21(31-25(18)38-17-3-1-2-4-17)33-12-19-20(13-33)22(19)26(35)36/h5-6,14-17,19-20,22-23,27H,1-4,7-13H2,(H,32,34)(H,35,36)/t14?,15?,16?,19-,20+,22?,23?,28?. The number of nitrogens with one attached hydrogen (secondary N) is 1. The fraction of sp³-hybridized carbons (Fsp3) is 0.750. The van der Waals surface area contributed by atoms with E-state index in [1.807, 2.05) is 12.1 Å². The summed E-state index contributed by atoms with van der Waals surface area (Å²) >= 11 is 1.70. The number of anilines is 1. The van der Waals surface area contributed by atoms with Crippen molar-refractivity contribution in [3.05, 3.63) is 17.7 Å². The molecule has 7 nitrogen and oxygen atoms in total. The van der Waals surface area contributed by atoms with Crippen molar-refractivity contribution >= 4 is 29.5 Å². The van der Waals surface area contributed by atoms with E-state index in [1.54, 1.807) is 11.8 Å². The number of fused-ring (bicyclic) bond motifs is 1. The topological polar surface area (TPSA) is 91.8 Å². The van der Waals surface area contributed by atoms with Crippen LogP contribution in [0.25, 0.3) is 0 Å². The Morgan fingerprint density at radius 1 is 1.11 bits per heavy atom. The number of halogens is 2. The molecule has 7 aliphatic rings. The summed E-state index contributed by atoms with van der Waals surface area (Å²) in [7, 11) is 0. The van der Waals surface area contributed by atoms with E-state index in [9.17, 15) is 23.5 Å². The number of thioether (sulfide) groups is 1. The molecule has 8 rings (SSSR count). The number of nitrogens with zero attached hydrogens (tertiary/aromatic N) is 2. The molecule has 0 spiro atoms. The molecule has 206 valence electrons. The van der Waals surface area contributed by atoms with Crippen molar-refractivity contribution < 1.29 is 28.2 Å².